The van der Waals surface area contributed by atoms with E-state index in [9.17, 15) is 0 Å². The number of hydrogen-bond acceptors (Lipinski definition) is 5. The fraction of sp³-hybridized carbons (Fsp3) is 0.571. The number of hydrogen-bond donors (Lipinski definition) is 1. The zero-order valence-corrected chi connectivity index (χ0v) is 16.2. The highest BCUT2D eigenvalue weighted by Crippen LogP contribution is 2.26. The maximum Gasteiger partial charge on any atom is 0.133 e. The van der Waals surface area contributed by atoms with E-state index in [4.69, 9.17) is 9.72 Å². The van der Waals surface area contributed by atoms with Crippen molar-refractivity contribution < 1.29 is 4.74 Å². The van der Waals surface area contributed by atoms with E-state index < -0.39 is 0 Å². The van der Waals surface area contributed by atoms with Crippen LogP contribution < -0.4 is 10.2 Å². The summed E-state index contributed by atoms with van der Waals surface area (Å²) in [4.78, 5) is 9.77. The lowest BCUT2D eigenvalue weighted by Crippen LogP contribution is -2.33. The Morgan fingerprint density at radius 3 is 2.77 bits per heavy atom. The van der Waals surface area contributed by atoms with Gasteiger partial charge in [-0.1, -0.05) is 18.2 Å². The van der Waals surface area contributed by atoms with Crippen LogP contribution in [0, 0.1) is 0 Å². The maximum atomic E-state index is 5.14. The van der Waals surface area contributed by atoms with Crippen molar-refractivity contribution in [2.75, 3.05) is 58.4 Å². The van der Waals surface area contributed by atoms with E-state index in [1.165, 1.54) is 36.0 Å². The Morgan fingerprint density at radius 1 is 1.15 bits per heavy atom. The second kappa shape index (κ2) is 9.86. The van der Waals surface area contributed by atoms with Crippen molar-refractivity contribution >= 4 is 16.7 Å². The lowest BCUT2D eigenvalue weighted by molar-refractivity contribution is 0.161. The van der Waals surface area contributed by atoms with Gasteiger partial charge in [-0.3, -0.25) is 0 Å². The molecular weight excluding hydrogens is 324 g/mol. The van der Waals surface area contributed by atoms with Gasteiger partial charge in [0.25, 0.3) is 0 Å². The molecule has 1 aromatic carbocycles. The summed E-state index contributed by atoms with van der Waals surface area (Å²) in [6, 6.07) is 10.7. The van der Waals surface area contributed by atoms with Gasteiger partial charge in [0.05, 0.1) is 12.1 Å². The van der Waals surface area contributed by atoms with Crippen LogP contribution in [0.15, 0.2) is 30.3 Å². The van der Waals surface area contributed by atoms with Crippen LogP contribution >= 0.6 is 0 Å². The first kappa shape index (κ1) is 19.1. The van der Waals surface area contributed by atoms with Crippen molar-refractivity contribution in [2.24, 2.45) is 0 Å². The van der Waals surface area contributed by atoms with Crippen LogP contribution in [-0.4, -0.2) is 63.4 Å². The Hall–Kier alpha value is -1.69. The molecule has 0 spiro atoms. The first-order chi connectivity index (χ1) is 12.8. The van der Waals surface area contributed by atoms with E-state index >= 15 is 0 Å². The summed E-state index contributed by atoms with van der Waals surface area (Å²) in [7, 11) is 3.89. The number of nitrogens with zero attached hydrogens (tertiary/aromatic N) is 3. The normalized spacial score (nSPS) is 15.1. The van der Waals surface area contributed by atoms with Crippen molar-refractivity contribution in [1.82, 2.24) is 15.2 Å². The van der Waals surface area contributed by atoms with E-state index in [2.05, 4.69) is 52.5 Å². The number of likely N-dealkylation sites (N-methyl/N-ethyl adjacent to an activating group) is 1. The average molecular weight is 357 g/mol. The third-order valence-electron chi connectivity index (χ3n) is 5.10. The zero-order chi connectivity index (χ0) is 18.2. The Balaban J connectivity index is 1.67. The summed E-state index contributed by atoms with van der Waals surface area (Å²) < 4.78 is 5.14. The van der Waals surface area contributed by atoms with Crippen molar-refractivity contribution in [3.8, 4) is 0 Å². The van der Waals surface area contributed by atoms with E-state index in [1.54, 1.807) is 7.11 Å². The van der Waals surface area contributed by atoms with Crippen molar-refractivity contribution in [1.29, 1.82) is 0 Å². The van der Waals surface area contributed by atoms with Crippen LogP contribution in [0.1, 0.15) is 24.8 Å². The van der Waals surface area contributed by atoms with Gasteiger partial charge in [-0.2, -0.15) is 0 Å². The molecule has 0 atom stereocenters. The number of nitrogens with one attached hydrogen (secondary N) is 1. The summed E-state index contributed by atoms with van der Waals surface area (Å²) in [5, 5.41) is 4.83. The number of aromatic nitrogens is 1. The molecule has 26 heavy (non-hydrogen) atoms. The van der Waals surface area contributed by atoms with Gasteiger partial charge in [0, 0.05) is 57.3 Å². The number of rotatable bonds is 9. The highest BCUT2D eigenvalue weighted by atomic mass is 16.5. The van der Waals surface area contributed by atoms with Gasteiger partial charge >= 0.3 is 0 Å². The molecule has 1 fully saturated rings. The Bertz CT molecular complexity index is 685. The van der Waals surface area contributed by atoms with Crippen LogP contribution in [0.2, 0.25) is 0 Å². The largest absolute Gasteiger partial charge is 0.383 e. The predicted molar refractivity (Wildman–Crippen MR) is 109 cm³/mol. The fourth-order valence-electron chi connectivity index (χ4n) is 3.51. The van der Waals surface area contributed by atoms with Crippen LogP contribution in [0.5, 0.6) is 0 Å². The minimum absolute atomic E-state index is 0.782. The molecule has 2 heterocycles. The number of ether oxygens (including phenoxy) is 1. The van der Waals surface area contributed by atoms with E-state index in [-0.39, 0.29) is 0 Å². The number of pyridine rings is 1. The lowest BCUT2D eigenvalue weighted by atomic mass is 10.1. The molecule has 5 nitrogen and oxygen atoms in total. The lowest BCUT2D eigenvalue weighted by Gasteiger charge is -2.30. The van der Waals surface area contributed by atoms with Crippen LogP contribution in [-0.2, 0) is 11.3 Å². The fourth-order valence-corrected chi connectivity index (χ4v) is 3.51. The number of piperidine rings is 1. The van der Waals surface area contributed by atoms with Crippen LogP contribution in [0.4, 0.5) is 5.82 Å². The highest BCUT2D eigenvalue weighted by Gasteiger charge is 2.16. The SMILES string of the molecule is COCCN(C)CCNCc1cc2ccccc2nc1N1CCCCC1. The third kappa shape index (κ3) is 5.16. The number of para-hydroxylation sites is 1. The average Bonchev–Trinajstić information content (AvgIpc) is 2.69. The van der Waals surface area contributed by atoms with Crippen LogP contribution in [0.3, 0.4) is 0 Å². The molecule has 0 aliphatic carbocycles. The monoisotopic (exact) mass is 356 g/mol. The molecule has 1 aromatic heterocycles. The topological polar surface area (TPSA) is 40.6 Å². The second-order valence-electron chi connectivity index (χ2n) is 7.18. The number of methoxy groups -OCH3 is 1. The molecule has 5 heteroatoms. The van der Waals surface area contributed by atoms with Gasteiger partial charge in [0.15, 0.2) is 0 Å². The molecule has 0 saturated carbocycles. The number of fused-ring (bicyclic) bond motifs is 1. The minimum atomic E-state index is 0.782. The molecule has 0 unspecified atom stereocenters. The van der Waals surface area contributed by atoms with Crippen molar-refractivity contribution in [2.45, 2.75) is 25.8 Å². The molecule has 0 amide bonds. The van der Waals surface area contributed by atoms with Crippen molar-refractivity contribution in [3.63, 3.8) is 0 Å². The summed E-state index contributed by atoms with van der Waals surface area (Å²) in [5.41, 5.74) is 2.40. The maximum absolute atomic E-state index is 5.14. The summed E-state index contributed by atoms with van der Waals surface area (Å²) in [5.74, 6) is 1.17. The molecule has 0 bridgehead atoms. The summed E-state index contributed by atoms with van der Waals surface area (Å²) in [6.07, 6.45) is 3.88. The predicted octanol–water partition coefficient (Wildman–Crippen LogP) is 2.89. The van der Waals surface area contributed by atoms with Gasteiger partial charge in [0.2, 0.25) is 0 Å². The Kier molecular flexibility index (Phi) is 7.23. The number of benzene rings is 1. The summed E-state index contributed by atoms with van der Waals surface area (Å²) in [6.45, 7) is 6.84. The van der Waals surface area contributed by atoms with Gasteiger partial charge in [-0.05, 0) is 38.4 Å². The minimum Gasteiger partial charge on any atom is -0.383 e. The van der Waals surface area contributed by atoms with Gasteiger partial charge in [0.1, 0.15) is 5.82 Å². The number of anilines is 1. The van der Waals surface area contributed by atoms with Gasteiger partial charge in [-0.15, -0.1) is 0 Å². The Labute approximate surface area is 157 Å². The molecule has 1 N–H and O–H groups in total. The molecule has 1 aliphatic rings. The first-order valence-corrected chi connectivity index (χ1v) is 9.80. The third-order valence-corrected chi connectivity index (χ3v) is 5.10. The van der Waals surface area contributed by atoms with Crippen LogP contribution in [0.25, 0.3) is 10.9 Å². The van der Waals surface area contributed by atoms with E-state index in [1.807, 2.05) is 0 Å². The standard InChI is InChI=1S/C21H32N4O/c1-24(14-15-26-2)13-10-22-17-19-16-18-8-4-5-9-20(18)23-21(19)25-11-6-3-7-12-25/h4-5,8-9,16,22H,3,6-7,10-15,17H2,1-2H3. The quantitative estimate of drug-likeness (QED) is 0.700. The van der Waals surface area contributed by atoms with Gasteiger partial charge in [-0.25, -0.2) is 4.98 Å². The smallest absolute Gasteiger partial charge is 0.133 e. The molecular formula is C21H32N4O. The summed E-state index contributed by atoms with van der Waals surface area (Å²) >= 11 is 0. The Morgan fingerprint density at radius 2 is 1.96 bits per heavy atom. The highest BCUT2D eigenvalue weighted by molar-refractivity contribution is 5.81. The molecule has 142 valence electrons. The first-order valence-electron chi connectivity index (χ1n) is 9.80. The van der Waals surface area contributed by atoms with E-state index in [0.717, 1.165) is 51.4 Å². The second-order valence-corrected chi connectivity index (χ2v) is 7.18. The van der Waals surface area contributed by atoms with Gasteiger partial charge < -0.3 is 19.9 Å². The molecule has 1 saturated heterocycles. The zero-order valence-electron chi connectivity index (χ0n) is 16.2. The molecule has 0 radical (unpaired) electrons. The molecule has 1 aliphatic heterocycles. The van der Waals surface area contributed by atoms with E-state index in [0.29, 0.717) is 0 Å². The molecule has 2 aromatic rings. The van der Waals surface area contributed by atoms with Crippen molar-refractivity contribution in [3.05, 3.63) is 35.9 Å². The molecule has 3 rings (SSSR count).